The molecule has 0 aromatic rings. The molecule has 0 atom stereocenters. The van der Waals surface area contributed by atoms with Crippen molar-refractivity contribution in [3.8, 4) is 0 Å². The molecular formula is C8H17N3O. The van der Waals surface area contributed by atoms with Gasteiger partial charge in [-0.15, -0.1) is 0 Å². The second-order valence-electron chi connectivity index (χ2n) is 3.84. The summed E-state index contributed by atoms with van der Waals surface area (Å²) >= 11 is 0. The summed E-state index contributed by atoms with van der Waals surface area (Å²) in [7, 11) is 0. The van der Waals surface area contributed by atoms with E-state index in [-0.39, 0.29) is 11.4 Å². The third-order valence-corrected chi connectivity index (χ3v) is 2.78. The monoisotopic (exact) mass is 171 g/mol. The van der Waals surface area contributed by atoms with E-state index in [0.717, 1.165) is 25.9 Å². The third kappa shape index (κ3) is 1.88. The van der Waals surface area contributed by atoms with Crippen LogP contribution in [0.25, 0.3) is 0 Å². The fraction of sp³-hybridized carbons (Fsp3) is 0.875. The number of hydrogen-bond acceptors (Lipinski definition) is 2. The van der Waals surface area contributed by atoms with Crippen LogP contribution in [0.1, 0.15) is 19.8 Å². The van der Waals surface area contributed by atoms with Gasteiger partial charge in [-0.1, -0.05) is 6.92 Å². The third-order valence-electron chi connectivity index (χ3n) is 2.78. The molecule has 0 saturated carbocycles. The standard InChI is InChI=1S/C8H17N3O/c1-8(6-9)2-4-11(5-3-8)7(10)12/h2-6,9H2,1H3,(H2,10,12). The Morgan fingerprint density at radius 3 is 2.33 bits per heavy atom. The van der Waals surface area contributed by atoms with Gasteiger partial charge in [0.2, 0.25) is 0 Å². The molecule has 4 heteroatoms. The molecule has 0 aromatic carbocycles. The van der Waals surface area contributed by atoms with Crippen LogP contribution in [0.4, 0.5) is 4.79 Å². The molecule has 0 radical (unpaired) electrons. The first-order valence-electron chi connectivity index (χ1n) is 4.32. The Bertz CT molecular complexity index is 173. The van der Waals surface area contributed by atoms with E-state index >= 15 is 0 Å². The van der Waals surface area contributed by atoms with Crippen molar-refractivity contribution in [1.29, 1.82) is 0 Å². The van der Waals surface area contributed by atoms with E-state index < -0.39 is 0 Å². The van der Waals surface area contributed by atoms with Crippen LogP contribution >= 0.6 is 0 Å². The summed E-state index contributed by atoms with van der Waals surface area (Å²) in [6.07, 6.45) is 1.93. The Balaban J connectivity index is 2.44. The molecule has 0 spiro atoms. The number of nitrogens with zero attached hydrogens (tertiary/aromatic N) is 1. The van der Waals surface area contributed by atoms with Crippen molar-refractivity contribution in [2.24, 2.45) is 16.9 Å². The molecule has 0 aliphatic carbocycles. The molecule has 70 valence electrons. The zero-order chi connectivity index (χ0) is 9.19. The topological polar surface area (TPSA) is 72.3 Å². The van der Waals surface area contributed by atoms with Gasteiger partial charge in [0.05, 0.1) is 0 Å². The highest BCUT2D eigenvalue weighted by Gasteiger charge is 2.29. The number of piperidine rings is 1. The van der Waals surface area contributed by atoms with Gasteiger partial charge in [-0.3, -0.25) is 0 Å². The molecule has 4 nitrogen and oxygen atoms in total. The highest BCUT2D eigenvalue weighted by Crippen LogP contribution is 2.28. The molecule has 2 amide bonds. The van der Waals surface area contributed by atoms with Crippen LogP contribution in [0.15, 0.2) is 0 Å². The molecule has 1 saturated heterocycles. The van der Waals surface area contributed by atoms with Gasteiger partial charge < -0.3 is 16.4 Å². The van der Waals surface area contributed by atoms with Crippen molar-refractivity contribution in [1.82, 2.24) is 4.90 Å². The number of nitrogens with two attached hydrogens (primary N) is 2. The number of primary amides is 1. The number of amides is 2. The van der Waals surface area contributed by atoms with Gasteiger partial charge in [0.1, 0.15) is 0 Å². The Labute approximate surface area is 72.9 Å². The average Bonchev–Trinajstić information content (AvgIpc) is 2.05. The lowest BCUT2D eigenvalue weighted by Gasteiger charge is -2.37. The fourth-order valence-electron chi connectivity index (χ4n) is 1.47. The second kappa shape index (κ2) is 3.31. The molecule has 1 rings (SSSR count). The Morgan fingerprint density at radius 1 is 1.50 bits per heavy atom. The first-order chi connectivity index (χ1) is 5.57. The van der Waals surface area contributed by atoms with Gasteiger partial charge in [-0.2, -0.15) is 0 Å². The van der Waals surface area contributed by atoms with Gasteiger partial charge in [-0.05, 0) is 24.8 Å². The molecule has 1 fully saturated rings. The summed E-state index contributed by atoms with van der Waals surface area (Å²) in [6, 6.07) is -0.311. The minimum Gasteiger partial charge on any atom is -0.351 e. The Hall–Kier alpha value is -0.770. The lowest BCUT2D eigenvalue weighted by Crippen LogP contribution is -2.46. The van der Waals surface area contributed by atoms with E-state index in [9.17, 15) is 4.79 Å². The maximum Gasteiger partial charge on any atom is 0.314 e. The Morgan fingerprint density at radius 2 is 2.00 bits per heavy atom. The van der Waals surface area contributed by atoms with Gasteiger partial charge >= 0.3 is 6.03 Å². The number of carbonyl (C=O) groups is 1. The zero-order valence-corrected chi connectivity index (χ0v) is 7.55. The molecule has 0 unspecified atom stereocenters. The predicted octanol–water partition coefficient (Wildman–Crippen LogP) is 0.126. The maximum absolute atomic E-state index is 10.8. The van der Waals surface area contributed by atoms with Crippen molar-refractivity contribution < 1.29 is 4.79 Å². The number of hydrogen-bond donors (Lipinski definition) is 2. The van der Waals surface area contributed by atoms with Gasteiger partial charge in [0.15, 0.2) is 0 Å². The maximum atomic E-state index is 10.8. The smallest absolute Gasteiger partial charge is 0.314 e. The summed E-state index contributed by atoms with van der Waals surface area (Å²) in [5.41, 5.74) is 11.0. The first kappa shape index (κ1) is 9.32. The van der Waals surface area contributed by atoms with Crippen LogP contribution in [-0.4, -0.2) is 30.6 Å². The Kier molecular flexibility index (Phi) is 2.57. The van der Waals surface area contributed by atoms with Crippen LogP contribution in [-0.2, 0) is 0 Å². The van der Waals surface area contributed by atoms with Crippen LogP contribution < -0.4 is 11.5 Å². The minimum atomic E-state index is -0.311. The predicted molar refractivity (Wildman–Crippen MR) is 47.6 cm³/mol. The summed E-state index contributed by atoms with van der Waals surface area (Å²) in [5, 5.41) is 0. The number of rotatable bonds is 1. The second-order valence-corrected chi connectivity index (χ2v) is 3.84. The van der Waals surface area contributed by atoms with E-state index in [0.29, 0.717) is 6.54 Å². The van der Waals surface area contributed by atoms with E-state index in [1.165, 1.54) is 0 Å². The molecular weight excluding hydrogens is 154 g/mol. The molecule has 1 aliphatic rings. The molecule has 0 bridgehead atoms. The first-order valence-corrected chi connectivity index (χ1v) is 4.32. The van der Waals surface area contributed by atoms with Crippen LogP contribution in [0.5, 0.6) is 0 Å². The van der Waals surface area contributed by atoms with Gasteiger partial charge in [0.25, 0.3) is 0 Å². The van der Waals surface area contributed by atoms with E-state index in [1.54, 1.807) is 4.90 Å². The zero-order valence-electron chi connectivity index (χ0n) is 7.55. The van der Waals surface area contributed by atoms with Gasteiger partial charge in [0, 0.05) is 13.1 Å². The highest BCUT2D eigenvalue weighted by molar-refractivity contribution is 5.72. The SMILES string of the molecule is CC1(CN)CCN(C(N)=O)CC1. The normalized spacial score (nSPS) is 22.3. The summed E-state index contributed by atoms with van der Waals surface area (Å²) < 4.78 is 0. The lowest BCUT2D eigenvalue weighted by atomic mass is 9.81. The molecule has 0 aromatic heterocycles. The van der Waals surface area contributed by atoms with Crippen molar-refractivity contribution in [2.75, 3.05) is 19.6 Å². The number of urea groups is 1. The fourth-order valence-corrected chi connectivity index (χ4v) is 1.47. The molecule has 12 heavy (non-hydrogen) atoms. The van der Waals surface area contributed by atoms with E-state index in [2.05, 4.69) is 6.92 Å². The van der Waals surface area contributed by atoms with Crippen molar-refractivity contribution in [2.45, 2.75) is 19.8 Å². The lowest BCUT2D eigenvalue weighted by molar-refractivity contribution is 0.139. The van der Waals surface area contributed by atoms with E-state index in [4.69, 9.17) is 11.5 Å². The minimum absolute atomic E-state index is 0.214. The number of likely N-dealkylation sites (tertiary alicyclic amines) is 1. The largest absolute Gasteiger partial charge is 0.351 e. The molecule has 4 N–H and O–H groups in total. The summed E-state index contributed by atoms with van der Waals surface area (Å²) in [4.78, 5) is 12.4. The van der Waals surface area contributed by atoms with Crippen molar-refractivity contribution in [3.05, 3.63) is 0 Å². The van der Waals surface area contributed by atoms with Crippen LogP contribution in [0.3, 0.4) is 0 Å². The molecule has 1 aliphatic heterocycles. The van der Waals surface area contributed by atoms with Crippen molar-refractivity contribution in [3.63, 3.8) is 0 Å². The van der Waals surface area contributed by atoms with Crippen molar-refractivity contribution >= 4 is 6.03 Å². The van der Waals surface area contributed by atoms with Crippen LogP contribution in [0.2, 0.25) is 0 Å². The number of carbonyl (C=O) groups excluding carboxylic acids is 1. The summed E-state index contributed by atoms with van der Waals surface area (Å²) in [5.74, 6) is 0. The van der Waals surface area contributed by atoms with Gasteiger partial charge in [-0.25, -0.2) is 4.79 Å². The van der Waals surface area contributed by atoms with Crippen LogP contribution in [0, 0.1) is 5.41 Å². The average molecular weight is 171 g/mol. The quantitative estimate of drug-likeness (QED) is 0.588. The molecule has 1 heterocycles. The highest BCUT2D eigenvalue weighted by atomic mass is 16.2. The van der Waals surface area contributed by atoms with E-state index in [1.807, 2.05) is 0 Å². The summed E-state index contributed by atoms with van der Waals surface area (Å²) in [6.45, 7) is 4.36.